The second-order valence-electron chi connectivity index (χ2n) is 8.43. The van der Waals surface area contributed by atoms with E-state index in [1.807, 2.05) is 54.3 Å². The first-order valence-corrected chi connectivity index (χ1v) is 10.9. The van der Waals surface area contributed by atoms with Gasteiger partial charge in [-0.3, -0.25) is 9.69 Å². The normalized spacial score (nSPS) is 22.3. The molecule has 0 spiro atoms. The van der Waals surface area contributed by atoms with E-state index in [9.17, 15) is 9.59 Å². The third kappa shape index (κ3) is 3.18. The van der Waals surface area contributed by atoms with Crippen LogP contribution >= 0.6 is 0 Å². The number of anilines is 1. The standard InChI is InChI=1S/C24H27N5O3/c1-16-9-10-19(32-3)18(15-16)27-13-14-28-20-21(25-23(27)28)26(2)24(31)29(22(20)30)12-11-17-7-5-4-6-8-17/h4-10,15,20-21H,11-14H2,1-3H3. The van der Waals surface area contributed by atoms with E-state index in [0.29, 0.717) is 26.1 Å². The molecule has 0 bridgehead atoms. The Bertz CT molecular complexity index is 1090. The first-order valence-electron chi connectivity index (χ1n) is 10.9. The SMILES string of the molecule is COc1ccc(C)cc1N1CCN2C1=NC1C2C(=O)N(CCc2ccccc2)C(=O)N1C. The van der Waals surface area contributed by atoms with Crippen molar-refractivity contribution in [2.45, 2.75) is 25.6 Å². The smallest absolute Gasteiger partial charge is 0.328 e. The van der Waals surface area contributed by atoms with Crippen LogP contribution in [0.1, 0.15) is 11.1 Å². The maximum Gasteiger partial charge on any atom is 0.328 e. The monoisotopic (exact) mass is 433 g/mol. The fourth-order valence-corrected chi connectivity index (χ4v) is 4.77. The lowest BCUT2D eigenvalue weighted by Gasteiger charge is -2.40. The van der Waals surface area contributed by atoms with Gasteiger partial charge in [-0.25, -0.2) is 9.79 Å². The number of likely N-dealkylation sites (N-methyl/N-ethyl adjacent to an activating group) is 1. The molecule has 2 unspecified atom stereocenters. The molecule has 2 fully saturated rings. The summed E-state index contributed by atoms with van der Waals surface area (Å²) in [5.41, 5.74) is 3.14. The summed E-state index contributed by atoms with van der Waals surface area (Å²) in [6.45, 7) is 3.76. The predicted octanol–water partition coefficient (Wildman–Crippen LogP) is 2.33. The number of rotatable bonds is 5. The fourth-order valence-electron chi connectivity index (χ4n) is 4.77. The van der Waals surface area contributed by atoms with Gasteiger partial charge in [-0.05, 0) is 36.6 Å². The van der Waals surface area contributed by atoms with E-state index in [-0.39, 0.29) is 11.9 Å². The predicted molar refractivity (Wildman–Crippen MR) is 122 cm³/mol. The van der Waals surface area contributed by atoms with Crippen LogP contribution < -0.4 is 9.64 Å². The van der Waals surface area contributed by atoms with Crippen LogP contribution in [-0.2, 0) is 11.2 Å². The van der Waals surface area contributed by atoms with Crippen LogP contribution in [-0.4, -0.2) is 78.6 Å². The minimum absolute atomic E-state index is 0.175. The molecule has 8 heteroatoms. The van der Waals surface area contributed by atoms with Gasteiger partial charge >= 0.3 is 6.03 Å². The molecule has 0 aromatic heterocycles. The number of ether oxygens (including phenoxy) is 1. The zero-order valence-electron chi connectivity index (χ0n) is 18.6. The van der Waals surface area contributed by atoms with Crippen LogP contribution in [0.5, 0.6) is 5.75 Å². The van der Waals surface area contributed by atoms with Crippen LogP contribution in [0.25, 0.3) is 0 Å². The Morgan fingerprint density at radius 3 is 2.62 bits per heavy atom. The zero-order valence-corrected chi connectivity index (χ0v) is 18.6. The van der Waals surface area contributed by atoms with Gasteiger partial charge in [0.25, 0.3) is 5.91 Å². The highest BCUT2D eigenvalue weighted by Crippen LogP contribution is 2.37. The molecule has 3 aliphatic heterocycles. The first kappa shape index (κ1) is 20.4. The fraction of sp³-hybridized carbons (Fsp3) is 0.375. The number of aryl methyl sites for hydroxylation is 1. The molecule has 5 rings (SSSR count). The molecule has 2 saturated heterocycles. The number of benzene rings is 2. The summed E-state index contributed by atoms with van der Waals surface area (Å²) in [7, 11) is 3.38. The average molecular weight is 434 g/mol. The largest absolute Gasteiger partial charge is 0.495 e. The van der Waals surface area contributed by atoms with Crippen molar-refractivity contribution < 1.29 is 14.3 Å². The molecular weight excluding hydrogens is 406 g/mol. The number of nitrogens with zero attached hydrogens (tertiary/aromatic N) is 5. The minimum atomic E-state index is -0.517. The molecule has 3 heterocycles. The molecule has 2 aromatic carbocycles. The molecule has 8 nitrogen and oxygen atoms in total. The molecule has 3 aliphatic rings. The Labute approximate surface area is 187 Å². The Morgan fingerprint density at radius 1 is 1.09 bits per heavy atom. The van der Waals surface area contributed by atoms with Crippen LogP contribution in [0.3, 0.4) is 0 Å². The summed E-state index contributed by atoms with van der Waals surface area (Å²) in [6, 6.07) is 15.1. The second-order valence-corrected chi connectivity index (χ2v) is 8.43. The van der Waals surface area contributed by atoms with E-state index in [4.69, 9.17) is 9.73 Å². The van der Waals surface area contributed by atoms with Crippen LogP contribution in [0.4, 0.5) is 10.5 Å². The number of amides is 3. The number of guanidine groups is 1. The lowest BCUT2D eigenvalue weighted by Crippen LogP contribution is -2.65. The van der Waals surface area contributed by atoms with Crippen LogP contribution in [0.15, 0.2) is 53.5 Å². The van der Waals surface area contributed by atoms with E-state index >= 15 is 0 Å². The van der Waals surface area contributed by atoms with Crippen molar-refractivity contribution in [1.29, 1.82) is 0 Å². The molecule has 0 radical (unpaired) electrons. The number of hydrogen-bond acceptors (Lipinski definition) is 6. The Hall–Kier alpha value is -3.55. The number of carbonyl (C=O) groups is 2. The quantitative estimate of drug-likeness (QED) is 0.724. The maximum absolute atomic E-state index is 13.5. The Morgan fingerprint density at radius 2 is 1.88 bits per heavy atom. The summed E-state index contributed by atoms with van der Waals surface area (Å²) >= 11 is 0. The van der Waals surface area contributed by atoms with Gasteiger partial charge in [-0.15, -0.1) is 0 Å². The summed E-state index contributed by atoms with van der Waals surface area (Å²) in [5, 5.41) is 0. The lowest BCUT2D eigenvalue weighted by molar-refractivity contribution is -0.137. The van der Waals surface area contributed by atoms with Crippen molar-refractivity contribution in [3.63, 3.8) is 0 Å². The Balaban J connectivity index is 1.41. The van der Waals surface area contributed by atoms with Crippen molar-refractivity contribution in [3.05, 3.63) is 59.7 Å². The first-order chi connectivity index (χ1) is 15.5. The van der Waals surface area contributed by atoms with Crippen molar-refractivity contribution in [3.8, 4) is 5.75 Å². The Kier molecular flexibility index (Phi) is 5.00. The summed E-state index contributed by atoms with van der Waals surface area (Å²) < 4.78 is 5.58. The van der Waals surface area contributed by atoms with Gasteiger partial charge in [0.05, 0.1) is 12.8 Å². The van der Waals surface area contributed by atoms with Gasteiger partial charge in [0.1, 0.15) is 5.75 Å². The number of urea groups is 1. The van der Waals surface area contributed by atoms with Crippen molar-refractivity contribution in [1.82, 2.24) is 14.7 Å². The molecule has 0 aliphatic carbocycles. The van der Waals surface area contributed by atoms with E-state index in [1.54, 1.807) is 19.1 Å². The van der Waals surface area contributed by atoms with Gasteiger partial charge < -0.3 is 19.4 Å². The van der Waals surface area contributed by atoms with Gasteiger partial charge in [-0.2, -0.15) is 0 Å². The third-order valence-corrected chi connectivity index (χ3v) is 6.47. The number of methoxy groups -OCH3 is 1. The molecule has 0 N–H and O–H groups in total. The maximum atomic E-state index is 13.5. The molecule has 0 saturated carbocycles. The summed E-state index contributed by atoms with van der Waals surface area (Å²) in [4.78, 5) is 38.4. The van der Waals surface area contributed by atoms with E-state index in [2.05, 4.69) is 11.0 Å². The minimum Gasteiger partial charge on any atom is -0.495 e. The van der Waals surface area contributed by atoms with Gasteiger partial charge in [0.15, 0.2) is 12.2 Å². The van der Waals surface area contributed by atoms with Gasteiger partial charge in [0, 0.05) is 26.7 Å². The van der Waals surface area contributed by atoms with E-state index in [0.717, 1.165) is 28.5 Å². The second kappa shape index (κ2) is 7.85. The summed E-state index contributed by atoms with van der Waals surface area (Å²) in [6.07, 6.45) is 0.112. The number of fused-ring (bicyclic) bond motifs is 3. The summed E-state index contributed by atoms with van der Waals surface area (Å²) in [5.74, 6) is 1.31. The molecule has 32 heavy (non-hydrogen) atoms. The topological polar surface area (TPSA) is 68.7 Å². The molecule has 166 valence electrons. The van der Waals surface area contributed by atoms with Crippen molar-refractivity contribution in [2.24, 2.45) is 4.99 Å². The number of hydrogen-bond donors (Lipinski definition) is 0. The number of aliphatic imine (C=N–C) groups is 1. The number of imide groups is 1. The highest BCUT2D eigenvalue weighted by Gasteiger charge is 2.54. The third-order valence-electron chi connectivity index (χ3n) is 6.47. The lowest BCUT2D eigenvalue weighted by atomic mass is 10.1. The highest BCUT2D eigenvalue weighted by atomic mass is 16.5. The van der Waals surface area contributed by atoms with Crippen LogP contribution in [0, 0.1) is 6.92 Å². The van der Waals surface area contributed by atoms with Crippen LogP contribution in [0.2, 0.25) is 0 Å². The zero-order chi connectivity index (χ0) is 22.4. The van der Waals surface area contributed by atoms with Gasteiger partial charge in [-0.1, -0.05) is 36.4 Å². The van der Waals surface area contributed by atoms with Crippen molar-refractivity contribution >= 4 is 23.6 Å². The number of carbonyl (C=O) groups excluding carboxylic acids is 2. The van der Waals surface area contributed by atoms with E-state index < -0.39 is 12.2 Å². The molecule has 3 amide bonds. The van der Waals surface area contributed by atoms with E-state index in [1.165, 1.54) is 4.90 Å². The van der Waals surface area contributed by atoms with Gasteiger partial charge in [0.2, 0.25) is 5.96 Å². The highest BCUT2D eigenvalue weighted by molar-refractivity contribution is 6.08. The molecule has 2 aromatic rings. The molecular formula is C24H27N5O3. The average Bonchev–Trinajstić information content (AvgIpc) is 3.38. The van der Waals surface area contributed by atoms with Crippen molar-refractivity contribution in [2.75, 3.05) is 38.7 Å². The molecule has 2 atom stereocenters.